The first kappa shape index (κ1) is 10.6. The first-order valence-corrected chi connectivity index (χ1v) is 5.34. The quantitative estimate of drug-likeness (QED) is 0.834. The van der Waals surface area contributed by atoms with E-state index in [1.54, 1.807) is 12.4 Å². The highest BCUT2D eigenvalue weighted by atomic mass is 14.9. The molecule has 1 heterocycles. The average Bonchev–Trinajstić information content (AvgIpc) is 2.30. The van der Waals surface area contributed by atoms with Crippen molar-refractivity contribution in [3.8, 4) is 11.4 Å². The molecule has 2 aromatic rings. The summed E-state index contributed by atoms with van der Waals surface area (Å²) in [6, 6.07) is 8.31. The molecule has 16 heavy (non-hydrogen) atoms. The lowest BCUT2D eigenvalue weighted by atomic mass is 10.0. The molecule has 1 aromatic heterocycles. The minimum atomic E-state index is 0.543. The van der Waals surface area contributed by atoms with E-state index < -0.39 is 0 Å². The Morgan fingerprint density at radius 2 is 1.56 bits per heavy atom. The van der Waals surface area contributed by atoms with E-state index in [1.165, 1.54) is 5.56 Å². The van der Waals surface area contributed by atoms with Crippen molar-refractivity contribution < 1.29 is 0 Å². The largest absolute Gasteiger partial charge is 0.396 e. The Morgan fingerprint density at radius 3 is 2.06 bits per heavy atom. The molecule has 0 unspecified atom stereocenters. The predicted octanol–water partition coefficient (Wildman–Crippen LogP) is 2.85. The van der Waals surface area contributed by atoms with Crippen LogP contribution in [0.15, 0.2) is 36.7 Å². The molecule has 0 saturated heterocycles. The minimum Gasteiger partial charge on any atom is -0.396 e. The number of nitrogen functional groups attached to an aromatic ring is 1. The Hall–Kier alpha value is -1.90. The van der Waals surface area contributed by atoms with E-state index in [-0.39, 0.29) is 0 Å². The summed E-state index contributed by atoms with van der Waals surface area (Å²) in [5.74, 6) is 1.26. The lowest BCUT2D eigenvalue weighted by Crippen LogP contribution is -1.93. The zero-order valence-electron chi connectivity index (χ0n) is 9.51. The van der Waals surface area contributed by atoms with Crippen LogP contribution in [-0.2, 0) is 0 Å². The van der Waals surface area contributed by atoms with Gasteiger partial charge < -0.3 is 5.73 Å². The molecule has 1 aromatic carbocycles. The molecule has 0 aliphatic heterocycles. The summed E-state index contributed by atoms with van der Waals surface area (Å²) in [7, 11) is 0. The van der Waals surface area contributed by atoms with Gasteiger partial charge in [-0.3, -0.25) is 0 Å². The first-order chi connectivity index (χ1) is 7.66. The van der Waals surface area contributed by atoms with Crippen molar-refractivity contribution in [1.82, 2.24) is 9.97 Å². The van der Waals surface area contributed by atoms with Gasteiger partial charge in [-0.2, -0.15) is 0 Å². The molecule has 2 N–H and O–H groups in total. The Labute approximate surface area is 95.4 Å². The van der Waals surface area contributed by atoms with Gasteiger partial charge in [-0.1, -0.05) is 38.1 Å². The molecular formula is C13H15N3. The Morgan fingerprint density at radius 1 is 1.00 bits per heavy atom. The van der Waals surface area contributed by atoms with Gasteiger partial charge in [0.1, 0.15) is 0 Å². The smallest absolute Gasteiger partial charge is 0.159 e. The molecule has 2 rings (SSSR count). The lowest BCUT2D eigenvalue weighted by Gasteiger charge is -2.06. The van der Waals surface area contributed by atoms with E-state index in [9.17, 15) is 0 Å². The van der Waals surface area contributed by atoms with Crippen molar-refractivity contribution in [2.24, 2.45) is 0 Å². The van der Waals surface area contributed by atoms with E-state index in [0.717, 1.165) is 5.56 Å². The van der Waals surface area contributed by atoms with Crippen LogP contribution in [0.4, 0.5) is 5.69 Å². The van der Waals surface area contributed by atoms with Crippen LogP contribution in [0.5, 0.6) is 0 Å². The fraction of sp³-hybridized carbons (Fsp3) is 0.231. The summed E-state index contributed by atoms with van der Waals surface area (Å²) in [5.41, 5.74) is 8.47. The van der Waals surface area contributed by atoms with Crippen molar-refractivity contribution in [2.45, 2.75) is 19.8 Å². The summed E-state index contributed by atoms with van der Waals surface area (Å²) >= 11 is 0. The third kappa shape index (κ3) is 2.19. The van der Waals surface area contributed by atoms with Gasteiger partial charge in [0.15, 0.2) is 5.82 Å². The summed E-state index contributed by atoms with van der Waals surface area (Å²) in [4.78, 5) is 8.37. The summed E-state index contributed by atoms with van der Waals surface area (Å²) in [6.07, 6.45) is 3.25. The lowest BCUT2D eigenvalue weighted by molar-refractivity contribution is 0.867. The van der Waals surface area contributed by atoms with E-state index >= 15 is 0 Å². The molecule has 0 saturated carbocycles. The number of anilines is 1. The second-order valence-corrected chi connectivity index (χ2v) is 4.12. The molecule has 3 nitrogen and oxygen atoms in total. The minimum absolute atomic E-state index is 0.543. The monoisotopic (exact) mass is 213 g/mol. The zero-order valence-corrected chi connectivity index (χ0v) is 9.51. The molecule has 82 valence electrons. The highest BCUT2D eigenvalue weighted by Crippen LogP contribution is 2.19. The third-order valence-electron chi connectivity index (χ3n) is 2.51. The fourth-order valence-corrected chi connectivity index (χ4v) is 1.50. The van der Waals surface area contributed by atoms with Gasteiger partial charge in [0.05, 0.1) is 18.1 Å². The van der Waals surface area contributed by atoms with Crippen LogP contribution >= 0.6 is 0 Å². The molecule has 0 spiro atoms. The van der Waals surface area contributed by atoms with Gasteiger partial charge in [0.25, 0.3) is 0 Å². The van der Waals surface area contributed by atoms with Crippen LogP contribution in [0.2, 0.25) is 0 Å². The Bertz CT molecular complexity index is 458. The summed E-state index contributed by atoms with van der Waals surface area (Å²) in [5, 5.41) is 0. The first-order valence-electron chi connectivity index (χ1n) is 5.34. The van der Waals surface area contributed by atoms with Gasteiger partial charge in [0, 0.05) is 5.56 Å². The van der Waals surface area contributed by atoms with E-state index in [1.807, 2.05) is 12.1 Å². The van der Waals surface area contributed by atoms with E-state index in [4.69, 9.17) is 5.73 Å². The van der Waals surface area contributed by atoms with Gasteiger partial charge >= 0.3 is 0 Å². The highest BCUT2D eigenvalue weighted by Gasteiger charge is 2.02. The predicted molar refractivity (Wildman–Crippen MR) is 66.0 cm³/mol. The van der Waals surface area contributed by atoms with Crippen molar-refractivity contribution in [2.75, 3.05) is 5.73 Å². The number of rotatable bonds is 2. The van der Waals surface area contributed by atoms with Crippen molar-refractivity contribution in [3.63, 3.8) is 0 Å². The van der Waals surface area contributed by atoms with E-state index in [2.05, 4.69) is 35.9 Å². The number of hydrogen-bond acceptors (Lipinski definition) is 3. The normalized spacial score (nSPS) is 10.7. The van der Waals surface area contributed by atoms with Gasteiger partial charge in [-0.15, -0.1) is 0 Å². The van der Waals surface area contributed by atoms with Gasteiger partial charge in [-0.05, 0) is 11.5 Å². The van der Waals surface area contributed by atoms with Crippen LogP contribution < -0.4 is 5.73 Å². The van der Waals surface area contributed by atoms with Crippen molar-refractivity contribution in [1.29, 1.82) is 0 Å². The third-order valence-corrected chi connectivity index (χ3v) is 2.51. The zero-order chi connectivity index (χ0) is 11.5. The van der Waals surface area contributed by atoms with Crippen molar-refractivity contribution in [3.05, 3.63) is 42.2 Å². The number of nitrogens with zero attached hydrogens (tertiary/aromatic N) is 2. The Balaban J connectivity index is 2.31. The summed E-state index contributed by atoms with van der Waals surface area (Å²) in [6.45, 7) is 4.35. The maximum absolute atomic E-state index is 5.54. The maximum Gasteiger partial charge on any atom is 0.159 e. The Kier molecular flexibility index (Phi) is 2.86. The highest BCUT2D eigenvalue weighted by molar-refractivity contribution is 5.56. The second-order valence-electron chi connectivity index (χ2n) is 4.12. The average molecular weight is 213 g/mol. The second kappa shape index (κ2) is 4.31. The molecule has 3 heteroatoms. The van der Waals surface area contributed by atoms with Gasteiger partial charge in [-0.25, -0.2) is 9.97 Å². The topological polar surface area (TPSA) is 51.8 Å². The van der Waals surface area contributed by atoms with Crippen LogP contribution in [0.3, 0.4) is 0 Å². The number of benzene rings is 1. The number of nitrogens with two attached hydrogens (primary N) is 1. The molecule has 0 aliphatic carbocycles. The molecular weight excluding hydrogens is 198 g/mol. The number of aromatic nitrogens is 2. The van der Waals surface area contributed by atoms with Crippen LogP contribution in [0, 0.1) is 0 Å². The van der Waals surface area contributed by atoms with Crippen LogP contribution in [0.1, 0.15) is 25.3 Å². The van der Waals surface area contributed by atoms with Crippen LogP contribution in [0.25, 0.3) is 11.4 Å². The van der Waals surface area contributed by atoms with Crippen molar-refractivity contribution >= 4 is 5.69 Å². The SMILES string of the molecule is CC(C)c1ccc(-c2ncc(N)cn2)cc1. The van der Waals surface area contributed by atoms with Gasteiger partial charge in [0.2, 0.25) is 0 Å². The maximum atomic E-state index is 5.54. The van der Waals surface area contributed by atoms with Crippen LogP contribution in [-0.4, -0.2) is 9.97 Å². The molecule has 0 radical (unpaired) electrons. The fourth-order valence-electron chi connectivity index (χ4n) is 1.50. The van der Waals surface area contributed by atoms with E-state index in [0.29, 0.717) is 17.4 Å². The molecule has 0 atom stereocenters. The molecule has 0 aliphatic rings. The number of hydrogen-bond donors (Lipinski definition) is 1. The molecule has 0 amide bonds. The summed E-state index contributed by atoms with van der Waals surface area (Å²) < 4.78 is 0. The standard InChI is InChI=1S/C13H15N3/c1-9(2)10-3-5-11(6-4-10)13-15-7-12(14)8-16-13/h3-9H,14H2,1-2H3. The molecule has 0 fully saturated rings. The molecule has 0 bridgehead atoms.